The first-order valence-electron chi connectivity index (χ1n) is 2.87. The summed E-state index contributed by atoms with van der Waals surface area (Å²) in [5.41, 5.74) is 1.57. The third-order valence-corrected chi connectivity index (χ3v) is 1.37. The fraction of sp³-hybridized carbons (Fsp3) is 0. The van der Waals surface area contributed by atoms with Gasteiger partial charge in [-0.1, -0.05) is 0 Å². The molecular formula is C6H5N3O. The van der Waals surface area contributed by atoms with Crippen LogP contribution in [0.2, 0.25) is 0 Å². The first-order chi connectivity index (χ1) is 4.90. The van der Waals surface area contributed by atoms with E-state index in [2.05, 4.69) is 10.3 Å². The highest BCUT2D eigenvalue weighted by Crippen LogP contribution is 2.03. The summed E-state index contributed by atoms with van der Waals surface area (Å²) in [6.07, 6.45) is 4.16. The van der Waals surface area contributed by atoms with E-state index in [9.17, 15) is 4.79 Å². The molecule has 0 radical (unpaired) electrons. The zero-order valence-electron chi connectivity index (χ0n) is 5.11. The first kappa shape index (κ1) is 5.22. The van der Waals surface area contributed by atoms with E-state index in [4.69, 9.17) is 0 Å². The molecule has 0 aliphatic rings. The van der Waals surface area contributed by atoms with Crippen molar-refractivity contribution in [2.75, 3.05) is 0 Å². The molecule has 0 atom stereocenters. The molecular weight excluding hydrogens is 130 g/mol. The van der Waals surface area contributed by atoms with Crippen LogP contribution in [0.1, 0.15) is 10.4 Å². The van der Waals surface area contributed by atoms with E-state index in [-0.39, 0.29) is 0 Å². The smallest absolute Gasteiger partial charge is 0.151 e. The summed E-state index contributed by atoms with van der Waals surface area (Å²) < 4.78 is 1.68. The van der Waals surface area contributed by atoms with E-state index in [0.29, 0.717) is 5.56 Å². The van der Waals surface area contributed by atoms with Crippen LogP contribution in [0.15, 0.2) is 18.5 Å². The van der Waals surface area contributed by atoms with Gasteiger partial charge in [0.05, 0.1) is 11.7 Å². The largest absolute Gasteiger partial charge is 0.298 e. The van der Waals surface area contributed by atoms with E-state index >= 15 is 0 Å². The molecule has 0 aliphatic heterocycles. The number of hydrogen-bond donors (Lipinski definition) is 1. The molecule has 0 unspecified atom stereocenters. The summed E-state index contributed by atoms with van der Waals surface area (Å²) in [6, 6.07) is 1.76. The minimum atomic E-state index is 0.661. The Kier molecular flexibility index (Phi) is 0.887. The second-order valence-electron chi connectivity index (χ2n) is 2.04. The number of aldehydes is 1. The highest BCUT2D eigenvalue weighted by molar-refractivity contribution is 5.77. The number of carbonyl (C=O) groups is 1. The lowest BCUT2D eigenvalue weighted by molar-refractivity contribution is 0.112. The molecule has 0 aliphatic carbocycles. The number of rotatable bonds is 1. The van der Waals surface area contributed by atoms with Gasteiger partial charge in [0.15, 0.2) is 6.29 Å². The monoisotopic (exact) mass is 135 g/mol. The summed E-state index contributed by atoms with van der Waals surface area (Å²) in [5.74, 6) is 0. The second-order valence-corrected chi connectivity index (χ2v) is 2.04. The van der Waals surface area contributed by atoms with Crippen molar-refractivity contribution in [3.63, 3.8) is 0 Å². The van der Waals surface area contributed by atoms with Crippen molar-refractivity contribution in [2.24, 2.45) is 0 Å². The Labute approximate surface area is 56.4 Å². The lowest BCUT2D eigenvalue weighted by atomic mass is 10.4. The molecule has 10 heavy (non-hydrogen) atoms. The second kappa shape index (κ2) is 1.70. The zero-order chi connectivity index (χ0) is 6.97. The fourth-order valence-electron chi connectivity index (χ4n) is 0.909. The van der Waals surface area contributed by atoms with Crippen molar-refractivity contribution in [1.29, 1.82) is 0 Å². The molecule has 0 fully saturated rings. The predicted molar refractivity (Wildman–Crippen MR) is 34.9 cm³/mol. The van der Waals surface area contributed by atoms with Gasteiger partial charge < -0.3 is 0 Å². The molecule has 0 spiro atoms. The minimum absolute atomic E-state index is 0.661. The number of nitrogens with zero attached hydrogens (tertiary/aromatic N) is 2. The highest BCUT2D eigenvalue weighted by Gasteiger charge is 1.96. The Bertz CT molecular complexity index is 331. The van der Waals surface area contributed by atoms with Gasteiger partial charge in [-0.3, -0.25) is 4.79 Å². The Morgan fingerprint density at radius 2 is 2.60 bits per heavy atom. The lowest BCUT2D eigenvalue weighted by Gasteiger charge is -1.75. The molecule has 50 valence electrons. The topological polar surface area (TPSA) is 50.2 Å². The molecule has 2 rings (SSSR count). The molecule has 2 aromatic heterocycles. The van der Waals surface area contributed by atoms with Crippen LogP contribution >= 0.6 is 0 Å². The highest BCUT2D eigenvalue weighted by atomic mass is 16.1. The molecule has 0 saturated heterocycles. The van der Waals surface area contributed by atoms with Gasteiger partial charge >= 0.3 is 0 Å². The molecule has 4 nitrogen and oxygen atoms in total. The maximum absolute atomic E-state index is 10.2. The molecule has 0 saturated carbocycles. The SMILES string of the molecule is O=Cc1cc2cn[nH]n2c1. The van der Waals surface area contributed by atoms with Crippen LogP contribution in [0, 0.1) is 0 Å². The summed E-state index contributed by atoms with van der Waals surface area (Å²) in [4.78, 5) is 10.2. The average Bonchev–Trinajstić information content (AvgIpc) is 2.42. The molecule has 2 aromatic rings. The molecule has 0 aromatic carbocycles. The van der Waals surface area contributed by atoms with Crippen LogP contribution in [-0.4, -0.2) is 21.1 Å². The van der Waals surface area contributed by atoms with Gasteiger partial charge in [-0.25, -0.2) is 9.73 Å². The van der Waals surface area contributed by atoms with Crippen molar-refractivity contribution in [2.45, 2.75) is 0 Å². The summed E-state index contributed by atoms with van der Waals surface area (Å²) in [6.45, 7) is 0. The van der Waals surface area contributed by atoms with Gasteiger partial charge in [-0.05, 0) is 6.07 Å². The first-order valence-corrected chi connectivity index (χ1v) is 2.87. The van der Waals surface area contributed by atoms with E-state index in [1.807, 2.05) is 0 Å². The Morgan fingerprint density at radius 1 is 1.70 bits per heavy atom. The van der Waals surface area contributed by atoms with Crippen LogP contribution in [0.5, 0.6) is 0 Å². The predicted octanol–water partition coefficient (Wildman–Crippen LogP) is 0.475. The van der Waals surface area contributed by atoms with Gasteiger partial charge in [-0.2, -0.15) is 5.10 Å². The Hall–Kier alpha value is -1.58. The van der Waals surface area contributed by atoms with Gasteiger partial charge in [0.25, 0.3) is 0 Å². The number of aromatic nitrogens is 3. The third kappa shape index (κ3) is 0.556. The van der Waals surface area contributed by atoms with Gasteiger partial charge in [0.2, 0.25) is 0 Å². The van der Waals surface area contributed by atoms with Crippen LogP contribution in [0.3, 0.4) is 0 Å². The van der Waals surface area contributed by atoms with Gasteiger partial charge in [0, 0.05) is 11.8 Å². The van der Waals surface area contributed by atoms with E-state index in [1.54, 1.807) is 23.0 Å². The average molecular weight is 135 g/mol. The van der Waals surface area contributed by atoms with Crippen LogP contribution in [0.4, 0.5) is 0 Å². The molecule has 4 heteroatoms. The van der Waals surface area contributed by atoms with Gasteiger partial charge in [0.1, 0.15) is 0 Å². The van der Waals surface area contributed by atoms with Crippen molar-refractivity contribution < 1.29 is 4.79 Å². The number of carbonyl (C=O) groups excluding carboxylic acids is 1. The van der Waals surface area contributed by atoms with Crippen molar-refractivity contribution in [3.8, 4) is 0 Å². The van der Waals surface area contributed by atoms with E-state index < -0.39 is 0 Å². The van der Waals surface area contributed by atoms with Crippen LogP contribution < -0.4 is 0 Å². The van der Waals surface area contributed by atoms with Crippen molar-refractivity contribution in [3.05, 3.63) is 24.0 Å². The molecule has 1 N–H and O–H groups in total. The number of nitrogens with one attached hydrogen (secondary N) is 1. The number of fused-ring (bicyclic) bond motifs is 1. The van der Waals surface area contributed by atoms with Crippen molar-refractivity contribution >= 4 is 11.8 Å². The third-order valence-electron chi connectivity index (χ3n) is 1.37. The summed E-state index contributed by atoms with van der Waals surface area (Å²) in [7, 11) is 0. The van der Waals surface area contributed by atoms with E-state index in [1.165, 1.54) is 0 Å². The molecule has 0 amide bonds. The Morgan fingerprint density at radius 3 is 3.30 bits per heavy atom. The number of hydrogen-bond acceptors (Lipinski definition) is 2. The van der Waals surface area contributed by atoms with Crippen molar-refractivity contribution in [1.82, 2.24) is 14.8 Å². The van der Waals surface area contributed by atoms with Crippen LogP contribution in [-0.2, 0) is 0 Å². The number of aromatic amines is 1. The maximum Gasteiger partial charge on any atom is 0.151 e. The Balaban J connectivity index is 2.78. The summed E-state index contributed by atoms with van der Waals surface area (Å²) in [5, 5.41) is 6.44. The minimum Gasteiger partial charge on any atom is -0.298 e. The van der Waals surface area contributed by atoms with E-state index in [0.717, 1.165) is 11.8 Å². The summed E-state index contributed by atoms with van der Waals surface area (Å²) >= 11 is 0. The molecule has 2 heterocycles. The molecule has 0 bridgehead atoms. The number of H-pyrrole nitrogens is 1. The standard InChI is InChI=1S/C6H5N3O/c10-4-5-1-6-2-7-8-9(6)3-5/h1-4,8H. The lowest BCUT2D eigenvalue weighted by Crippen LogP contribution is -1.79. The van der Waals surface area contributed by atoms with Gasteiger partial charge in [-0.15, -0.1) is 0 Å². The normalized spacial score (nSPS) is 10.4. The zero-order valence-corrected chi connectivity index (χ0v) is 5.11. The maximum atomic E-state index is 10.2. The quantitative estimate of drug-likeness (QED) is 0.578. The van der Waals surface area contributed by atoms with Crippen LogP contribution in [0.25, 0.3) is 5.52 Å². The fourth-order valence-corrected chi connectivity index (χ4v) is 0.909.